The maximum absolute atomic E-state index is 13.9. The van der Waals surface area contributed by atoms with E-state index in [-0.39, 0.29) is 17.9 Å². The van der Waals surface area contributed by atoms with Gasteiger partial charge in [0.25, 0.3) is 5.54 Å². The lowest BCUT2D eigenvalue weighted by atomic mass is 9.92. The number of allylic oxidation sites excluding steroid dienone is 2. The summed E-state index contributed by atoms with van der Waals surface area (Å²) in [7, 11) is 0. The Hall–Kier alpha value is -3.41. The number of rotatable bonds is 5. The molecule has 0 amide bonds. The van der Waals surface area contributed by atoms with E-state index in [4.69, 9.17) is 14.0 Å². The van der Waals surface area contributed by atoms with Gasteiger partial charge in [-0.3, -0.25) is 0 Å². The molecule has 4 heterocycles. The number of carbonyl (C=O) groups excluding carboxylic acids is 1. The molecule has 0 fully saturated rings. The van der Waals surface area contributed by atoms with E-state index in [1.165, 1.54) is 26.8 Å². The summed E-state index contributed by atoms with van der Waals surface area (Å²) in [6.45, 7) is 7.65. The highest BCUT2D eigenvalue weighted by Gasteiger charge is 2.61. The molecule has 0 saturated heterocycles. The maximum Gasteiger partial charge on any atom is 0.426 e. The molecule has 1 unspecified atom stereocenters. The monoisotopic (exact) mass is 493 g/mol. The van der Waals surface area contributed by atoms with Crippen LogP contribution >= 0.6 is 0 Å². The normalized spacial score (nSPS) is 20.0. The number of aryl methyl sites for hydroxylation is 1. The Labute approximate surface area is 199 Å². The summed E-state index contributed by atoms with van der Waals surface area (Å²) in [6, 6.07) is 1.82. The average Bonchev–Trinajstić information content (AvgIpc) is 3.16. The van der Waals surface area contributed by atoms with Gasteiger partial charge in [-0.15, -0.1) is 5.10 Å². The Morgan fingerprint density at radius 2 is 2.03 bits per heavy atom. The van der Waals surface area contributed by atoms with Crippen LogP contribution in [-0.2, 0) is 29.1 Å². The Balaban J connectivity index is 1.54. The van der Waals surface area contributed by atoms with Gasteiger partial charge in [-0.05, 0) is 52.3 Å². The molecule has 2 aliphatic heterocycles. The molecular formula is C23H26F3N5O4. The van der Waals surface area contributed by atoms with Gasteiger partial charge < -0.3 is 24.6 Å². The van der Waals surface area contributed by atoms with Gasteiger partial charge in [0.2, 0.25) is 5.88 Å². The Bertz CT molecular complexity index is 1180. The molecule has 0 aliphatic carbocycles. The second kappa shape index (κ2) is 8.99. The molecule has 0 saturated carbocycles. The smallest absolute Gasteiger partial charge is 0.426 e. The lowest BCUT2D eigenvalue weighted by Gasteiger charge is -2.35. The molecule has 12 heteroatoms. The third kappa shape index (κ3) is 5.02. The number of nitrogens with zero attached hydrogens (tertiary/aromatic N) is 3. The zero-order valence-corrected chi connectivity index (χ0v) is 19.7. The van der Waals surface area contributed by atoms with Crippen molar-refractivity contribution in [1.29, 1.82) is 0 Å². The summed E-state index contributed by atoms with van der Waals surface area (Å²) in [5.41, 5.74) is -1.12. The molecule has 2 aromatic rings. The number of hydrogen-bond acceptors (Lipinski definition) is 9. The molecule has 9 nitrogen and oxygen atoms in total. The van der Waals surface area contributed by atoms with Crippen molar-refractivity contribution in [3.05, 3.63) is 52.7 Å². The zero-order chi connectivity index (χ0) is 25.4. The number of esters is 1. The summed E-state index contributed by atoms with van der Waals surface area (Å²) in [6.07, 6.45) is -1.17. The molecule has 0 spiro atoms. The summed E-state index contributed by atoms with van der Waals surface area (Å²) in [5.74, 6) is -0.696. The Kier molecular flexibility index (Phi) is 6.34. The summed E-state index contributed by atoms with van der Waals surface area (Å²) in [5, 5.41) is 17.6. The van der Waals surface area contributed by atoms with Gasteiger partial charge in [0.05, 0.1) is 11.3 Å². The molecule has 35 heavy (non-hydrogen) atoms. The highest BCUT2D eigenvalue weighted by Crippen LogP contribution is 2.38. The molecule has 4 rings (SSSR count). The largest absolute Gasteiger partial charge is 0.471 e. The van der Waals surface area contributed by atoms with E-state index >= 15 is 0 Å². The highest BCUT2D eigenvalue weighted by molar-refractivity contribution is 5.88. The van der Waals surface area contributed by atoms with E-state index in [2.05, 4.69) is 26.0 Å². The van der Waals surface area contributed by atoms with Gasteiger partial charge in [-0.2, -0.15) is 18.3 Å². The van der Waals surface area contributed by atoms with Crippen molar-refractivity contribution in [3.63, 3.8) is 0 Å². The van der Waals surface area contributed by atoms with Crippen molar-refractivity contribution in [2.45, 2.75) is 64.6 Å². The van der Waals surface area contributed by atoms with Gasteiger partial charge >= 0.3 is 12.1 Å². The van der Waals surface area contributed by atoms with E-state index in [1.807, 2.05) is 6.07 Å². The fourth-order valence-electron chi connectivity index (χ4n) is 3.66. The van der Waals surface area contributed by atoms with E-state index < -0.39 is 23.3 Å². The van der Waals surface area contributed by atoms with Crippen LogP contribution in [0.1, 0.15) is 49.0 Å². The fourth-order valence-corrected chi connectivity index (χ4v) is 3.66. The Morgan fingerprint density at radius 1 is 1.26 bits per heavy atom. The number of nitrogens with one attached hydrogen (secondary N) is 2. The highest BCUT2D eigenvalue weighted by atomic mass is 19.4. The van der Waals surface area contributed by atoms with Crippen LogP contribution in [0.15, 0.2) is 28.9 Å². The number of aromatic nitrogens is 3. The van der Waals surface area contributed by atoms with Crippen molar-refractivity contribution in [3.8, 4) is 5.88 Å². The van der Waals surface area contributed by atoms with Crippen molar-refractivity contribution >= 4 is 11.5 Å². The Morgan fingerprint density at radius 3 is 2.69 bits per heavy atom. The van der Waals surface area contributed by atoms with Gasteiger partial charge in [0.15, 0.2) is 0 Å². The van der Waals surface area contributed by atoms with Crippen molar-refractivity contribution in [1.82, 2.24) is 26.0 Å². The second-order valence-corrected chi connectivity index (χ2v) is 9.32. The van der Waals surface area contributed by atoms with Gasteiger partial charge in [-0.25, -0.2) is 4.79 Å². The summed E-state index contributed by atoms with van der Waals surface area (Å²) >= 11 is 0. The van der Waals surface area contributed by atoms with Crippen LogP contribution in [0, 0.1) is 6.92 Å². The minimum Gasteiger partial charge on any atom is -0.471 e. The van der Waals surface area contributed by atoms with Crippen molar-refractivity contribution in [2.24, 2.45) is 0 Å². The molecule has 0 radical (unpaired) electrons. The quantitative estimate of drug-likeness (QED) is 0.607. The predicted molar refractivity (Wildman–Crippen MR) is 118 cm³/mol. The first-order valence-corrected chi connectivity index (χ1v) is 11.0. The molecule has 188 valence electrons. The third-order valence-electron chi connectivity index (χ3n) is 5.56. The second-order valence-electron chi connectivity index (χ2n) is 9.32. The minimum absolute atomic E-state index is 0.0119. The summed E-state index contributed by atoms with van der Waals surface area (Å²) < 4.78 is 57.9. The third-order valence-corrected chi connectivity index (χ3v) is 5.56. The van der Waals surface area contributed by atoms with Crippen LogP contribution in [0.2, 0.25) is 0 Å². The molecule has 1 atom stereocenters. The van der Waals surface area contributed by atoms with Crippen LogP contribution in [0.5, 0.6) is 5.88 Å². The van der Waals surface area contributed by atoms with Gasteiger partial charge in [0.1, 0.15) is 23.7 Å². The van der Waals surface area contributed by atoms with E-state index in [1.54, 1.807) is 6.92 Å². The number of alkyl halides is 3. The lowest BCUT2D eigenvalue weighted by molar-refractivity contribution is -0.207. The number of ether oxygens (including phenoxy) is 2. The molecule has 0 bridgehead atoms. The van der Waals surface area contributed by atoms with E-state index in [0.717, 1.165) is 36.5 Å². The first kappa shape index (κ1) is 24.7. The first-order valence-electron chi connectivity index (χ1n) is 11.0. The van der Waals surface area contributed by atoms with Gasteiger partial charge in [0, 0.05) is 24.4 Å². The number of carbonyl (C=O) groups is 1. The lowest BCUT2D eigenvalue weighted by Crippen LogP contribution is -2.61. The molecule has 2 aliphatic rings. The average molecular weight is 493 g/mol. The van der Waals surface area contributed by atoms with Crippen molar-refractivity contribution < 1.29 is 32.0 Å². The standard InChI is InChI=1S/C23H26F3N5O4/c1-13-16(12-33-18-9-14-6-8-27-11-17(14)29-30-18)19(31-35-13)15-5-7-22(28-10-15,23(24,25)26)20(32)34-21(2,3)4/h5,7,9-10,27-28H,6,8,11-12H2,1-4H3. The van der Waals surface area contributed by atoms with Crippen LogP contribution < -0.4 is 15.4 Å². The van der Waals surface area contributed by atoms with Crippen LogP contribution in [0.4, 0.5) is 13.2 Å². The molecular weight excluding hydrogens is 467 g/mol. The van der Waals surface area contributed by atoms with E-state index in [9.17, 15) is 18.0 Å². The minimum atomic E-state index is -4.94. The molecule has 2 aromatic heterocycles. The molecule has 0 aromatic carbocycles. The number of halogens is 3. The predicted octanol–water partition coefficient (Wildman–Crippen LogP) is 3.14. The number of hydrogen-bond donors (Lipinski definition) is 2. The maximum atomic E-state index is 13.9. The zero-order valence-electron chi connectivity index (χ0n) is 19.7. The fraction of sp³-hybridized carbons (Fsp3) is 0.478. The first-order chi connectivity index (χ1) is 16.4. The van der Waals surface area contributed by atoms with Crippen molar-refractivity contribution in [2.75, 3.05) is 6.54 Å². The van der Waals surface area contributed by atoms with E-state index in [0.29, 0.717) is 23.7 Å². The molecule has 2 N–H and O–H groups in total. The SMILES string of the molecule is Cc1onc(C2=CNC(C(=O)OC(C)(C)C)(C(F)(F)F)C=C2)c1COc1cc2c(nn1)CNCC2. The number of dihydropyridines is 1. The van der Waals surface area contributed by atoms with Crippen LogP contribution in [0.25, 0.3) is 5.57 Å². The topological polar surface area (TPSA) is 111 Å². The van der Waals surface area contributed by atoms with Gasteiger partial charge in [-0.1, -0.05) is 11.2 Å². The number of fused-ring (bicyclic) bond motifs is 1. The van der Waals surface area contributed by atoms with Crippen LogP contribution in [-0.4, -0.2) is 45.2 Å². The summed E-state index contributed by atoms with van der Waals surface area (Å²) in [4.78, 5) is 12.5. The van der Waals surface area contributed by atoms with Crippen LogP contribution in [0.3, 0.4) is 0 Å².